The largest absolute Gasteiger partial charge is 0.379 e. The monoisotopic (exact) mass is 243 g/mol. The van der Waals surface area contributed by atoms with E-state index in [1.54, 1.807) is 0 Å². The fourth-order valence-electron chi connectivity index (χ4n) is 2.30. The predicted octanol–water partition coefficient (Wildman–Crippen LogP) is 2.69. The van der Waals surface area contributed by atoms with Crippen LogP contribution in [0.25, 0.3) is 0 Å². The van der Waals surface area contributed by atoms with Crippen LogP contribution >= 0.6 is 0 Å². The Hall–Kier alpha value is -0.120. The molecule has 0 aromatic rings. The Morgan fingerprint density at radius 2 is 1.88 bits per heavy atom. The summed E-state index contributed by atoms with van der Waals surface area (Å²) in [6.07, 6.45) is 6.64. The van der Waals surface area contributed by atoms with Crippen LogP contribution < -0.4 is 0 Å². The van der Waals surface area contributed by atoms with E-state index in [0.29, 0.717) is 6.10 Å². The van der Waals surface area contributed by atoms with Crippen molar-refractivity contribution in [3.63, 3.8) is 0 Å². The van der Waals surface area contributed by atoms with Gasteiger partial charge in [-0.3, -0.25) is 0 Å². The van der Waals surface area contributed by atoms with E-state index < -0.39 is 0 Å². The predicted molar refractivity (Wildman–Crippen MR) is 71.4 cm³/mol. The maximum Gasteiger partial charge on any atom is 0.0704 e. The van der Waals surface area contributed by atoms with Gasteiger partial charge in [0, 0.05) is 13.2 Å². The van der Waals surface area contributed by atoms with E-state index in [1.165, 1.54) is 38.9 Å². The highest BCUT2D eigenvalue weighted by Crippen LogP contribution is 2.07. The molecular weight excluding hydrogens is 214 g/mol. The second-order valence-electron chi connectivity index (χ2n) is 4.98. The maximum absolute atomic E-state index is 5.63. The van der Waals surface area contributed by atoms with Crippen LogP contribution in [0.4, 0.5) is 0 Å². The van der Waals surface area contributed by atoms with E-state index in [9.17, 15) is 0 Å². The Morgan fingerprint density at radius 3 is 2.59 bits per heavy atom. The molecule has 1 saturated heterocycles. The minimum atomic E-state index is 0.383. The summed E-state index contributed by atoms with van der Waals surface area (Å²) in [6, 6.07) is 0. The third kappa shape index (κ3) is 7.74. The maximum atomic E-state index is 5.63. The van der Waals surface area contributed by atoms with E-state index in [0.717, 1.165) is 32.7 Å². The Balaban J connectivity index is 1.77. The Kier molecular flexibility index (Phi) is 8.67. The van der Waals surface area contributed by atoms with Crippen molar-refractivity contribution in [3.8, 4) is 0 Å². The van der Waals surface area contributed by atoms with Gasteiger partial charge in [-0.05, 0) is 45.7 Å². The van der Waals surface area contributed by atoms with Crippen LogP contribution in [0, 0.1) is 0 Å². The van der Waals surface area contributed by atoms with Crippen molar-refractivity contribution < 1.29 is 9.47 Å². The zero-order valence-corrected chi connectivity index (χ0v) is 11.6. The van der Waals surface area contributed by atoms with Crippen molar-refractivity contribution in [1.29, 1.82) is 0 Å². The minimum absolute atomic E-state index is 0.383. The SMILES string of the molecule is CCCC(C)OCCOCCCN1CCCC1. The molecule has 0 spiro atoms. The molecule has 0 aromatic carbocycles. The Morgan fingerprint density at radius 1 is 1.12 bits per heavy atom. The van der Waals surface area contributed by atoms with Gasteiger partial charge in [0.15, 0.2) is 0 Å². The first-order valence-corrected chi connectivity index (χ1v) is 7.24. The molecule has 3 nitrogen and oxygen atoms in total. The lowest BCUT2D eigenvalue weighted by Gasteiger charge is -2.14. The zero-order chi connectivity index (χ0) is 12.3. The lowest BCUT2D eigenvalue weighted by Crippen LogP contribution is -2.22. The van der Waals surface area contributed by atoms with Gasteiger partial charge in [0.25, 0.3) is 0 Å². The molecule has 1 atom stereocenters. The Bertz CT molecular complexity index is 170. The van der Waals surface area contributed by atoms with E-state index in [2.05, 4.69) is 18.7 Å². The van der Waals surface area contributed by atoms with Crippen molar-refractivity contribution in [2.45, 2.75) is 52.1 Å². The molecule has 0 bridgehead atoms. The van der Waals surface area contributed by atoms with Crippen LogP contribution in [0.1, 0.15) is 46.0 Å². The lowest BCUT2D eigenvalue weighted by atomic mass is 10.2. The molecule has 0 aromatic heterocycles. The van der Waals surface area contributed by atoms with Crippen LogP contribution in [0.15, 0.2) is 0 Å². The molecule has 0 N–H and O–H groups in total. The normalized spacial score (nSPS) is 18.7. The zero-order valence-electron chi connectivity index (χ0n) is 11.6. The minimum Gasteiger partial charge on any atom is -0.379 e. The van der Waals surface area contributed by atoms with Crippen LogP contribution in [-0.2, 0) is 9.47 Å². The average molecular weight is 243 g/mol. The van der Waals surface area contributed by atoms with Crippen molar-refractivity contribution in [1.82, 2.24) is 4.90 Å². The van der Waals surface area contributed by atoms with Gasteiger partial charge in [0.1, 0.15) is 0 Å². The molecule has 1 rings (SSSR count). The van der Waals surface area contributed by atoms with E-state index >= 15 is 0 Å². The van der Waals surface area contributed by atoms with Crippen LogP contribution in [-0.4, -0.2) is 50.5 Å². The summed E-state index contributed by atoms with van der Waals surface area (Å²) in [4.78, 5) is 2.53. The number of nitrogens with zero attached hydrogens (tertiary/aromatic N) is 1. The van der Waals surface area contributed by atoms with E-state index in [4.69, 9.17) is 9.47 Å². The second kappa shape index (κ2) is 9.86. The fourth-order valence-corrected chi connectivity index (χ4v) is 2.30. The molecule has 102 valence electrons. The molecule has 0 aliphatic carbocycles. The van der Waals surface area contributed by atoms with Crippen molar-refractivity contribution in [2.75, 3.05) is 39.5 Å². The van der Waals surface area contributed by atoms with Gasteiger partial charge in [-0.25, -0.2) is 0 Å². The summed E-state index contributed by atoms with van der Waals surface area (Å²) in [7, 11) is 0. The molecular formula is C14H29NO2. The molecule has 1 unspecified atom stereocenters. The van der Waals surface area contributed by atoms with Gasteiger partial charge in [0.05, 0.1) is 19.3 Å². The summed E-state index contributed by atoms with van der Waals surface area (Å²) < 4.78 is 11.2. The summed E-state index contributed by atoms with van der Waals surface area (Å²) in [5, 5.41) is 0. The molecule has 3 heteroatoms. The van der Waals surface area contributed by atoms with Gasteiger partial charge in [0.2, 0.25) is 0 Å². The number of ether oxygens (including phenoxy) is 2. The highest BCUT2D eigenvalue weighted by atomic mass is 16.5. The molecule has 0 radical (unpaired) electrons. The van der Waals surface area contributed by atoms with Gasteiger partial charge in [-0.15, -0.1) is 0 Å². The third-order valence-corrected chi connectivity index (χ3v) is 3.29. The van der Waals surface area contributed by atoms with Crippen molar-refractivity contribution in [2.24, 2.45) is 0 Å². The first-order chi connectivity index (χ1) is 8.33. The van der Waals surface area contributed by atoms with Gasteiger partial charge < -0.3 is 14.4 Å². The third-order valence-electron chi connectivity index (χ3n) is 3.29. The number of likely N-dealkylation sites (tertiary alicyclic amines) is 1. The number of rotatable bonds is 10. The van der Waals surface area contributed by atoms with Gasteiger partial charge >= 0.3 is 0 Å². The first-order valence-electron chi connectivity index (χ1n) is 7.24. The molecule has 1 heterocycles. The number of hydrogen-bond acceptors (Lipinski definition) is 3. The summed E-state index contributed by atoms with van der Waals surface area (Å²) in [5.41, 5.74) is 0. The fraction of sp³-hybridized carbons (Fsp3) is 1.00. The second-order valence-corrected chi connectivity index (χ2v) is 4.98. The van der Waals surface area contributed by atoms with Gasteiger partial charge in [-0.2, -0.15) is 0 Å². The highest BCUT2D eigenvalue weighted by molar-refractivity contribution is 4.65. The standard InChI is InChI=1S/C14H29NO2/c1-3-7-14(2)17-13-12-16-11-6-10-15-8-4-5-9-15/h14H,3-13H2,1-2H3. The molecule has 17 heavy (non-hydrogen) atoms. The number of hydrogen-bond donors (Lipinski definition) is 0. The molecule has 0 saturated carbocycles. The summed E-state index contributed by atoms with van der Waals surface area (Å²) in [5.74, 6) is 0. The summed E-state index contributed by atoms with van der Waals surface area (Å²) in [6.45, 7) is 10.5. The average Bonchev–Trinajstić information content (AvgIpc) is 2.81. The van der Waals surface area contributed by atoms with Gasteiger partial charge in [-0.1, -0.05) is 13.3 Å². The topological polar surface area (TPSA) is 21.7 Å². The molecule has 1 aliphatic heterocycles. The van der Waals surface area contributed by atoms with E-state index in [-0.39, 0.29) is 0 Å². The Labute approximate surface area is 106 Å². The lowest BCUT2D eigenvalue weighted by molar-refractivity contribution is 0.00755. The molecule has 1 fully saturated rings. The van der Waals surface area contributed by atoms with Crippen LogP contribution in [0.3, 0.4) is 0 Å². The van der Waals surface area contributed by atoms with E-state index in [1.807, 2.05) is 0 Å². The van der Waals surface area contributed by atoms with Crippen molar-refractivity contribution >= 4 is 0 Å². The molecule has 0 amide bonds. The van der Waals surface area contributed by atoms with Crippen LogP contribution in [0.5, 0.6) is 0 Å². The highest BCUT2D eigenvalue weighted by Gasteiger charge is 2.09. The van der Waals surface area contributed by atoms with Crippen LogP contribution in [0.2, 0.25) is 0 Å². The molecule has 1 aliphatic rings. The van der Waals surface area contributed by atoms with Crippen molar-refractivity contribution in [3.05, 3.63) is 0 Å². The summed E-state index contributed by atoms with van der Waals surface area (Å²) >= 11 is 0. The smallest absolute Gasteiger partial charge is 0.0704 e. The first kappa shape index (κ1) is 14.9. The quantitative estimate of drug-likeness (QED) is 0.551.